The Labute approximate surface area is 129 Å². The van der Waals surface area contributed by atoms with Gasteiger partial charge in [-0.3, -0.25) is 9.78 Å². The first kappa shape index (κ1) is 15.6. The molecule has 0 aliphatic heterocycles. The molecule has 5 heteroatoms. The van der Waals surface area contributed by atoms with Crippen LogP contribution in [0.1, 0.15) is 16.7 Å². The molecule has 1 aromatic heterocycles. The largest absolute Gasteiger partial charge is 0.325 e. The van der Waals surface area contributed by atoms with E-state index >= 15 is 0 Å². The van der Waals surface area contributed by atoms with E-state index in [1.54, 1.807) is 0 Å². The van der Waals surface area contributed by atoms with Crippen molar-refractivity contribution in [1.29, 1.82) is 0 Å². The van der Waals surface area contributed by atoms with Crippen LogP contribution in [0.15, 0.2) is 40.1 Å². The van der Waals surface area contributed by atoms with Crippen LogP contribution in [0.3, 0.4) is 0 Å². The second kappa shape index (κ2) is 6.34. The van der Waals surface area contributed by atoms with Crippen molar-refractivity contribution in [2.75, 3.05) is 0 Å². The minimum absolute atomic E-state index is 0.224. The van der Waals surface area contributed by atoms with E-state index in [1.807, 2.05) is 24.3 Å². The molecule has 2 N–H and O–H groups in total. The summed E-state index contributed by atoms with van der Waals surface area (Å²) in [6.45, 7) is 6.59. The van der Waals surface area contributed by atoms with Gasteiger partial charge in [-0.25, -0.2) is 4.79 Å². The van der Waals surface area contributed by atoms with Gasteiger partial charge >= 0.3 is 5.69 Å². The average molecular weight is 308 g/mol. The molecular formula is C17H16N2O2Si. The Balaban J connectivity index is 2.22. The molecule has 2 aromatic rings. The van der Waals surface area contributed by atoms with E-state index < -0.39 is 19.3 Å². The van der Waals surface area contributed by atoms with Crippen LogP contribution in [0, 0.1) is 23.3 Å². The minimum atomic E-state index is -1.38. The maximum absolute atomic E-state index is 11.5. The molecule has 2 rings (SSSR count). The minimum Gasteiger partial charge on any atom is -0.313 e. The first-order chi connectivity index (χ1) is 10.3. The number of benzene rings is 1. The predicted octanol–water partition coefficient (Wildman–Crippen LogP) is 1.69. The van der Waals surface area contributed by atoms with Gasteiger partial charge in [-0.1, -0.05) is 37.4 Å². The molecule has 1 heterocycles. The molecule has 0 saturated heterocycles. The van der Waals surface area contributed by atoms with Crippen molar-refractivity contribution in [1.82, 2.24) is 9.97 Å². The number of nitrogens with one attached hydrogen (secondary N) is 2. The van der Waals surface area contributed by atoms with Crippen molar-refractivity contribution >= 4 is 8.07 Å². The van der Waals surface area contributed by atoms with Crippen LogP contribution in [-0.4, -0.2) is 18.0 Å². The maximum atomic E-state index is 11.5. The number of hydrogen-bond acceptors (Lipinski definition) is 2. The Morgan fingerprint density at radius 3 is 2.05 bits per heavy atom. The van der Waals surface area contributed by atoms with E-state index in [0.717, 1.165) is 11.1 Å². The molecule has 0 radical (unpaired) electrons. The van der Waals surface area contributed by atoms with Crippen LogP contribution in [-0.2, 0) is 0 Å². The molecule has 0 aliphatic carbocycles. The van der Waals surface area contributed by atoms with Crippen molar-refractivity contribution in [3.8, 4) is 23.3 Å². The predicted molar refractivity (Wildman–Crippen MR) is 90.3 cm³/mol. The molecule has 0 saturated carbocycles. The Hall–Kier alpha value is -2.76. The van der Waals surface area contributed by atoms with Crippen LogP contribution in [0.2, 0.25) is 19.6 Å². The van der Waals surface area contributed by atoms with Crippen molar-refractivity contribution in [2.45, 2.75) is 19.6 Å². The van der Waals surface area contributed by atoms with Gasteiger partial charge in [-0.2, -0.15) is 0 Å². The van der Waals surface area contributed by atoms with E-state index in [1.165, 1.54) is 6.20 Å². The summed E-state index contributed by atoms with van der Waals surface area (Å²) >= 11 is 0. The summed E-state index contributed by atoms with van der Waals surface area (Å²) in [4.78, 5) is 26.9. The normalized spacial score (nSPS) is 10.1. The summed E-state index contributed by atoms with van der Waals surface area (Å²) in [5, 5.41) is 0. The SMILES string of the molecule is C[Si](C)(C)C#Cc1ccc(C#Cc2c[nH]c(=O)[nH]c2=O)cc1. The second-order valence-electron chi connectivity index (χ2n) is 5.81. The highest BCUT2D eigenvalue weighted by Gasteiger charge is 2.07. The molecule has 0 aliphatic rings. The van der Waals surface area contributed by atoms with E-state index in [2.05, 4.69) is 52.9 Å². The molecule has 0 amide bonds. The third-order valence-electron chi connectivity index (χ3n) is 2.63. The molecule has 4 nitrogen and oxygen atoms in total. The van der Waals surface area contributed by atoms with Gasteiger partial charge in [0, 0.05) is 17.3 Å². The summed E-state index contributed by atoms with van der Waals surface area (Å²) in [7, 11) is -1.38. The second-order valence-corrected chi connectivity index (χ2v) is 10.6. The summed E-state index contributed by atoms with van der Waals surface area (Å²) in [5.41, 5.74) is 4.23. The summed E-state index contributed by atoms with van der Waals surface area (Å²) in [6, 6.07) is 7.55. The lowest BCUT2D eigenvalue weighted by atomic mass is 10.1. The molecule has 0 spiro atoms. The molecule has 0 bridgehead atoms. The zero-order chi connectivity index (χ0) is 16.2. The van der Waals surface area contributed by atoms with Gasteiger partial charge in [0.25, 0.3) is 5.56 Å². The lowest BCUT2D eigenvalue weighted by Crippen LogP contribution is -2.23. The molecule has 1 aromatic carbocycles. The molecule has 110 valence electrons. The maximum Gasteiger partial charge on any atom is 0.325 e. The highest BCUT2D eigenvalue weighted by Crippen LogP contribution is 2.04. The van der Waals surface area contributed by atoms with Gasteiger partial charge in [-0.05, 0) is 24.3 Å². The number of hydrogen-bond donors (Lipinski definition) is 2. The smallest absolute Gasteiger partial charge is 0.313 e. The molecule has 0 unspecified atom stereocenters. The fraction of sp³-hybridized carbons (Fsp3) is 0.176. The Bertz CT molecular complexity index is 908. The van der Waals surface area contributed by atoms with Crippen LogP contribution in [0.4, 0.5) is 0 Å². The van der Waals surface area contributed by atoms with Crippen LogP contribution in [0.25, 0.3) is 0 Å². The van der Waals surface area contributed by atoms with Crippen molar-refractivity contribution in [3.05, 3.63) is 68.0 Å². The van der Waals surface area contributed by atoms with Gasteiger partial charge in [-0.15, -0.1) is 5.54 Å². The first-order valence-corrected chi connectivity index (χ1v) is 10.3. The first-order valence-electron chi connectivity index (χ1n) is 6.81. The fourth-order valence-electron chi connectivity index (χ4n) is 1.54. The summed E-state index contributed by atoms with van der Waals surface area (Å²) in [5.74, 6) is 8.80. The monoisotopic (exact) mass is 308 g/mol. The van der Waals surface area contributed by atoms with Crippen molar-refractivity contribution in [2.24, 2.45) is 0 Å². The van der Waals surface area contributed by atoms with Crippen molar-refractivity contribution < 1.29 is 0 Å². The van der Waals surface area contributed by atoms with Gasteiger partial charge in [0.1, 0.15) is 13.6 Å². The number of rotatable bonds is 0. The highest BCUT2D eigenvalue weighted by molar-refractivity contribution is 6.83. The van der Waals surface area contributed by atoms with Gasteiger partial charge in [0.2, 0.25) is 0 Å². The lowest BCUT2D eigenvalue weighted by Gasteiger charge is -2.03. The number of aromatic amines is 2. The Kier molecular flexibility index (Phi) is 4.50. The summed E-state index contributed by atoms with van der Waals surface area (Å²) < 4.78 is 0. The standard InChI is InChI=1S/C17H16N2O2Si/c1-22(2,3)11-10-14-6-4-13(5-7-14)8-9-15-12-18-17(21)19-16(15)20/h4-7,12H,1-3H3,(H2,18,19,20,21). The van der Waals surface area contributed by atoms with E-state index in [4.69, 9.17) is 0 Å². The quantitative estimate of drug-likeness (QED) is 0.574. The summed E-state index contributed by atoms with van der Waals surface area (Å²) in [6.07, 6.45) is 1.31. The molecule has 0 fully saturated rings. The third kappa shape index (κ3) is 4.66. The highest BCUT2D eigenvalue weighted by atomic mass is 28.3. The number of aromatic nitrogens is 2. The number of H-pyrrole nitrogens is 2. The Morgan fingerprint density at radius 2 is 1.50 bits per heavy atom. The zero-order valence-electron chi connectivity index (χ0n) is 12.7. The fourth-order valence-corrected chi connectivity index (χ4v) is 2.06. The zero-order valence-corrected chi connectivity index (χ0v) is 13.7. The van der Waals surface area contributed by atoms with E-state index in [-0.39, 0.29) is 5.56 Å². The molecule has 22 heavy (non-hydrogen) atoms. The average Bonchev–Trinajstić information content (AvgIpc) is 2.44. The van der Waals surface area contributed by atoms with Crippen LogP contribution >= 0.6 is 0 Å². The Morgan fingerprint density at radius 1 is 0.909 bits per heavy atom. The van der Waals surface area contributed by atoms with Crippen LogP contribution < -0.4 is 11.2 Å². The van der Waals surface area contributed by atoms with Crippen molar-refractivity contribution in [3.63, 3.8) is 0 Å². The molecule has 0 atom stereocenters. The van der Waals surface area contributed by atoms with Gasteiger partial charge < -0.3 is 4.98 Å². The van der Waals surface area contributed by atoms with E-state index in [9.17, 15) is 9.59 Å². The third-order valence-corrected chi connectivity index (χ3v) is 3.50. The van der Waals surface area contributed by atoms with Crippen LogP contribution in [0.5, 0.6) is 0 Å². The van der Waals surface area contributed by atoms with Gasteiger partial charge in [0.05, 0.1) is 0 Å². The molecular weight excluding hydrogens is 292 g/mol. The lowest BCUT2D eigenvalue weighted by molar-refractivity contribution is 1.03. The van der Waals surface area contributed by atoms with E-state index in [0.29, 0.717) is 0 Å². The topological polar surface area (TPSA) is 65.7 Å². The van der Waals surface area contributed by atoms with Gasteiger partial charge in [0.15, 0.2) is 0 Å².